The van der Waals surface area contributed by atoms with Crippen molar-refractivity contribution >= 4 is 16.9 Å². The van der Waals surface area contributed by atoms with Gasteiger partial charge in [-0.3, -0.25) is 4.79 Å². The van der Waals surface area contributed by atoms with E-state index in [1.54, 1.807) is 0 Å². The van der Waals surface area contributed by atoms with Gasteiger partial charge in [0.1, 0.15) is 11.9 Å². The summed E-state index contributed by atoms with van der Waals surface area (Å²) in [4.78, 5) is 22.3. The maximum atomic E-state index is 12.9. The Morgan fingerprint density at radius 3 is 2.92 bits per heavy atom. The van der Waals surface area contributed by atoms with E-state index in [2.05, 4.69) is 9.97 Å². The number of fused-ring (bicyclic) bond motifs is 1. The number of aromatic nitrogens is 2. The number of benzene rings is 2. The molecule has 0 aliphatic carbocycles. The average Bonchev–Trinajstić information content (AvgIpc) is 3.01. The molecule has 5 heteroatoms. The number of carbonyl (C=O) groups is 1. The van der Waals surface area contributed by atoms with Crippen LogP contribution < -0.4 is 0 Å². The van der Waals surface area contributed by atoms with E-state index in [-0.39, 0.29) is 12.0 Å². The molecule has 1 saturated heterocycles. The molecule has 1 atom stereocenters. The van der Waals surface area contributed by atoms with Crippen molar-refractivity contribution < 1.29 is 9.53 Å². The van der Waals surface area contributed by atoms with Gasteiger partial charge >= 0.3 is 0 Å². The van der Waals surface area contributed by atoms with E-state index in [0.717, 1.165) is 22.4 Å². The zero-order valence-electron chi connectivity index (χ0n) is 13.5. The van der Waals surface area contributed by atoms with Crippen LogP contribution in [0, 0.1) is 6.92 Å². The molecule has 2 heterocycles. The summed E-state index contributed by atoms with van der Waals surface area (Å²) < 4.78 is 5.84. The molecule has 1 unspecified atom stereocenters. The van der Waals surface area contributed by atoms with Crippen molar-refractivity contribution in [2.45, 2.75) is 13.0 Å². The Morgan fingerprint density at radius 1 is 1.25 bits per heavy atom. The highest BCUT2D eigenvalue weighted by atomic mass is 16.5. The van der Waals surface area contributed by atoms with Crippen molar-refractivity contribution in [1.29, 1.82) is 0 Å². The maximum Gasteiger partial charge on any atom is 0.254 e. The van der Waals surface area contributed by atoms with Crippen molar-refractivity contribution in [2.75, 3.05) is 19.7 Å². The molecule has 2 aromatic carbocycles. The second kappa shape index (κ2) is 6.09. The number of rotatable bonds is 2. The van der Waals surface area contributed by atoms with Gasteiger partial charge in [0, 0.05) is 12.1 Å². The third kappa shape index (κ3) is 2.78. The molecule has 1 aliphatic heterocycles. The summed E-state index contributed by atoms with van der Waals surface area (Å²) in [6, 6.07) is 15.7. The van der Waals surface area contributed by atoms with Crippen LogP contribution in [0.15, 0.2) is 48.5 Å². The molecule has 1 aromatic heterocycles. The van der Waals surface area contributed by atoms with Crippen molar-refractivity contribution in [2.24, 2.45) is 0 Å². The number of H-pyrrole nitrogens is 1. The molecule has 24 heavy (non-hydrogen) atoms. The zero-order valence-corrected chi connectivity index (χ0v) is 13.5. The van der Waals surface area contributed by atoms with Crippen LogP contribution in [0.5, 0.6) is 0 Å². The molecule has 5 nitrogen and oxygen atoms in total. The molecule has 4 rings (SSSR count). The fraction of sp³-hybridized carbons (Fsp3) is 0.263. The summed E-state index contributed by atoms with van der Waals surface area (Å²) in [6.45, 7) is 3.65. The summed E-state index contributed by atoms with van der Waals surface area (Å²) in [7, 11) is 0. The number of hydrogen-bond acceptors (Lipinski definition) is 3. The fourth-order valence-corrected chi connectivity index (χ4v) is 3.16. The van der Waals surface area contributed by atoms with Gasteiger partial charge in [-0.05, 0) is 30.7 Å². The summed E-state index contributed by atoms with van der Waals surface area (Å²) >= 11 is 0. The fourth-order valence-electron chi connectivity index (χ4n) is 3.16. The number of aryl methyl sites for hydroxylation is 1. The zero-order chi connectivity index (χ0) is 16.5. The number of nitrogens with one attached hydrogen (secondary N) is 1. The Kier molecular flexibility index (Phi) is 3.78. The van der Waals surface area contributed by atoms with E-state index in [4.69, 9.17) is 4.74 Å². The summed E-state index contributed by atoms with van der Waals surface area (Å²) in [5, 5.41) is 0. The van der Waals surface area contributed by atoms with Crippen molar-refractivity contribution in [3.8, 4) is 0 Å². The molecule has 1 fully saturated rings. The Balaban J connectivity index is 1.56. The molecule has 0 bridgehead atoms. The second-order valence-electron chi connectivity index (χ2n) is 6.08. The molecular weight excluding hydrogens is 302 g/mol. The van der Waals surface area contributed by atoms with Gasteiger partial charge in [0.2, 0.25) is 0 Å². The van der Waals surface area contributed by atoms with Gasteiger partial charge in [-0.1, -0.05) is 30.3 Å². The summed E-state index contributed by atoms with van der Waals surface area (Å²) in [5.41, 5.74) is 3.56. The molecular formula is C19H19N3O2. The predicted molar refractivity (Wildman–Crippen MR) is 91.9 cm³/mol. The Hall–Kier alpha value is -2.66. The SMILES string of the molecule is Cc1nc2ccc(C(=O)N3CCOC(c4ccccc4)C3)cc2[nH]1. The van der Waals surface area contributed by atoms with Crippen LogP contribution in [-0.4, -0.2) is 40.5 Å². The van der Waals surface area contributed by atoms with E-state index in [0.29, 0.717) is 25.3 Å². The molecule has 0 saturated carbocycles. The highest BCUT2D eigenvalue weighted by Gasteiger charge is 2.26. The van der Waals surface area contributed by atoms with E-state index < -0.39 is 0 Å². The van der Waals surface area contributed by atoms with Crippen molar-refractivity contribution in [1.82, 2.24) is 14.9 Å². The van der Waals surface area contributed by atoms with E-state index in [9.17, 15) is 4.79 Å². The van der Waals surface area contributed by atoms with Crippen LogP contribution in [0.3, 0.4) is 0 Å². The third-order valence-electron chi connectivity index (χ3n) is 4.37. The molecule has 1 N–H and O–H groups in total. The first-order valence-electron chi connectivity index (χ1n) is 8.13. The topological polar surface area (TPSA) is 58.2 Å². The molecule has 1 amide bonds. The van der Waals surface area contributed by atoms with Crippen LogP contribution in [0.25, 0.3) is 11.0 Å². The van der Waals surface area contributed by atoms with Crippen molar-refractivity contribution in [3.63, 3.8) is 0 Å². The number of hydrogen-bond donors (Lipinski definition) is 1. The van der Waals surface area contributed by atoms with E-state index >= 15 is 0 Å². The first-order valence-corrected chi connectivity index (χ1v) is 8.13. The third-order valence-corrected chi connectivity index (χ3v) is 4.37. The number of carbonyl (C=O) groups excluding carboxylic acids is 1. The van der Waals surface area contributed by atoms with Crippen LogP contribution in [0.4, 0.5) is 0 Å². The lowest BCUT2D eigenvalue weighted by atomic mass is 10.1. The van der Waals surface area contributed by atoms with Crippen LogP contribution in [0.2, 0.25) is 0 Å². The quantitative estimate of drug-likeness (QED) is 0.789. The Morgan fingerprint density at radius 2 is 2.08 bits per heavy atom. The highest BCUT2D eigenvalue weighted by molar-refractivity contribution is 5.97. The van der Waals surface area contributed by atoms with Gasteiger partial charge in [-0.15, -0.1) is 0 Å². The first-order chi connectivity index (χ1) is 11.7. The van der Waals surface area contributed by atoms with Crippen molar-refractivity contribution in [3.05, 3.63) is 65.5 Å². The lowest BCUT2D eigenvalue weighted by Crippen LogP contribution is -2.42. The van der Waals surface area contributed by atoms with E-state index in [1.807, 2.05) is 60.4 Å². The summed E-state index contributed by atoms with van der Waals surface area (Å²) in [6.07, 6.45) is -0.0676. The van der Waals surface area contributed by atoms with Crippen LogP contribution >= 0.6 is 0 Å². The van der Waals surface area contributed by atoms with Gasteiger partial charge in [0.15, 0.2) is 0 Å². The minimum atomic E-state index is -0.0676. The van der Waals surface area contributed by atoms with Crippen LogP contribution in [-0.2, 0) is 4.74 Å². The molecule has 0 spiro atoms. The normalized spacial score (nSPS) is 18.0. The van der Waals surface area contributed by atoms with Gasteiger partial charge in [0.05, 0.1) is 24.2 Å². The van der Waals surface area contributed by atoms with Gasteiger partial charge < -0.3 is 14.6 Å². The van der Waals surface area contributed by atoms with E-state index in [1.165, 1.54) is 0 Å². The molecule has 0 radical (unpaired) electrons. The average molecular weight is 321 g/mol. The number of nitrogens with zero attached hydrogens (tertiary/aromatic N) is 2. The van der Waals surface area contributed by atoms with Gasteiger partial charge in [-0.25, -0.2) is 4.98 Å². The second-order valence-corrected chi connectivity index (χ2v) is 6.08. The number of aromatic amines is 1. The largest absolute Gasteiger partial charge is 0.370 e. The standard InChI is InChI=1S/C19H19N3O2/c1-13-20-16-8-7-15(11-17(16)21-13)19(23)22-9-10-24-18(12-22)14-5-3-2-4-6-14/h2-8,11,18H,9-10,12H2,1H3,(H,20,21). The Bertz CT molecular complexity index is 873. The molecule has 122 valence electrons. The first kappa shape index (κ1) is 14.9. The Labute approximate surface area is 140 Å². The number of ether oxygens (including phenoxy) is 1. The highest BCUT2D eigenvalue weighted by Crippen LogP contribution is 2.23. The van der Waals surface area contributed by atoms with Gasteiger partial charge in [-0.2, -0.15) is 0 Å². The minimum absolute atomic E-state index is 0.0355. The lowest BCUT2D eigenvalue weighted by Gasteiger charge is -2.33. The maximum absolute atomic E-state index is 12.9. The lowest BCUT2D eigenvalue weighted by molar-refractivity contribution is -0.0228. The monoisotopic (exact) mass is 321 g/mol. The summed E-state index contributed by atoms with van der Waals surface area (Å²) in [5.74, 6) is 0.887. The smallest absolute Gasteiger partial charge is 0.254 e. The van der Waals surface area contributed by atoms with Crippen LogP contribution in [0.1, 0.15) is 27.8 Å². The molecule has 3 aromatic rings. The number of morpholine rings is 1. The molecule has 1 aliphatic rings. The number of amides is 1. The number of imidazole rings is 1. The predicted octanol–water partition coefficient (Wildman–Crippen LogP) is 3.09. The minimum Gasteiger partial charge on any atom is -0.370 e. The van der Waals surface area contributed by atoms with Gasteiger partial charge in [0.25, 0.3) is 5.91 Å².